The minimum Gasteiger partial charge on any atom is -0.483 e. The second-order valence-electron chi connectivity index (χ2n) is 2.42. The summed E-state index contributed by atoms with van der Waals surface area (Å²) >= 11 is 0. The van der Waals surface area contributed by atoms with Crippen LogP contribution in [0.25, 0.3) is 0 Å². The molecule has 0 aromatic heterocycles. The largest absolute Gasteiger partial charge is 0.484 e. The van der Waals surface area contributed by atoms with Crippen LogP contribution in [0, 0.1) is 0 Å². The number of carbonyl (C=O) groups is 2. The number of hydrogen-bond donors (Lipinski definition) is 2. The van der Waals surface area contributed by atoms with Gasteiger partial charge in [-0.15, -0.1) is 0 Å². The molecule has 1 amide bonds. The van der Waals surface area contributed by atoms with Crippen LogP contribution < -0.4 is 5.32 Å². The highest BCUT2D eigenvalue weighted by molar-refractivity contribution is 5.94. The highest BCUT2D eigenvalue weighted by Crippen LogP contribution is 2.11. The summed E-state index contributed by atoms with van der Waals surface area (Å²) in [5.41, 5.74) is -0.0141. The molecule has 0 saturated carbocycles. The highest BCUT2D eigenvalue weighted by Gasteiger charge is 2.30. The number of rotatable bonds is 1. The number of alkyl halides is 3. The lowest BCUT2D eigenvalue weighted by molar-refractivity contribution is -0.146. The van der Waals surface area contributed by atoms with Crippen LogP contribution in [0.5, 0.6) is 0 Å². The predicted octanol–water partition coefficient (Wildman–Crippen LogP) is 1.64. The van der Waals surface area contributed by atoms with Gasteiger partial charge in [0.25, 0.3) is 12.4 Å². The van der Waals surface area contributed by atoms with Crippen LogP contribution in [0.3, 0.4) is 0 Å². The smallest absolute Gasteiger partial charge is 0.483 e. The van der Waals surface area contributed by atoms with Crippen molar-refractivity contribution in [3.8, 4) is 0 Å². The van der Waals surface area contributed by atoms with Gasteiger partial charge in [0.05, 0.1) is 0 Å². The lowest BCUT2D eigenvalue weighted by Gasteiger charge is -2.07. The first-order valence-electron chi connectivity index (χ1n) is 3.93. The summed E-state index contributed by atoms with van der Waals surface area (Å²) < 4.78 is 35.0. The Hall–Kier alpha value is -2.05. The lowest BCUT2D eigenvalue weighted by atomic mass is 10.2. The molecule has 0 unspecified atom stereocenters. The number of amides is 1. The molecule has 0 aliphatic rings. The SMILES string of the molecule is O=C(NC(F)(F)F)c1ccccc1.O=CO. The highest BCUT2D eigenvalue weighted by atomic mass is 19.4. The van der Waals surface area contributed by atoms with Crippen molar-refractivity contribution in [1.29, 1.82) is 0 Å². The summed E-state index contributed by atoms with van der Waals surface area (Å²) in [6.07, 6.45) is -4.67. The molecule has 0 aliphatic carbocycles. The molecule has 0 saturated heterocycles. The number of hydrogen-bond acceptors (Lipinski definition) is 2. The molecule has 0 heterocycles. The molecule has 1 aromatic carbocycles. The number of nitrogens with one attached hydrogen (secondary N) is 1. The Balaban J connectivity index is 0.000000673. The van der Waals surface area contributed by atoms with Gasteiger partial charge in [0, 0.05) is 5.56 Å². The third-order valence-corrected chi connectivity index (χ3v) is 1.29. The zero-order valence-corrected chi connectivity index (χ0v) is 7.86. The van der Waals surface area contributed by atoms with Crippen LogP contribution in [0.4, 0.5) is 13.2 Å². The maximum Gasteiger partial charge on any atom is 0.484 e. The third-order valence-electron chi connectivity index (χ3n) is 1.29. The molecule has 88 valence electrons. The Morgan fingerprint density at radius 1 is 1.25 bits per heavy atom. The van der Waals surface area contributed by atoms with E-state index < -0.39 is 12.2 Å². The van der Waals surface area contributed by atoms with Crippen LogP contribution in [-0.4, -0.2) is 23.8 Å². The molecule has 2 N–H and O–H groups in total. The Morgan fingerprint density at radius 2 is 1.69 bits per heavy atom. The van der Waals surface area contributed by atoms with Crippen LogP contribution in [-0.2, 0) is 4.79 Å². The quantitative estimate of drug-likeness (QED) is 0.574. The molecular weight excluding hydrogens is 227 g/mol. The van der Waals surface area contributed by atoms with Crippen LogP contribution in [0.15, 0.2) is 30.3 Å². The zero-order chi connectivity index (χ0) is 12.6. The van der Waals surface area contributed by atoms with Crippen LogP contribution in [0.1, 0.15) is 10.4 Å². The van der Waals surface area contributed by atoms with E-state index in [9.17, 15) is 18.0 Å². The van der Waals surface area contributed by atoms with Gasteiger partial charge in [-0.25, -0.2) is 0 Å². The summed E-state index contributed by atoms with van der Waals surface area (Å²) in [5.74, 6) is -1.15. The van der Waals surface area contributed by atoms with Gasteiger partial charge in [-0.1, -0.05) is 18.2 Å². The molecule has 0 bridgehead atoms. The molecule has 16 heavy (non-hydrogen) atoms. The van der Waals surface area contributed by atoms with Crippen LogP contribution >= 0.6 is 0 Å². The van der Waals surface area contributed by atoms with Crippen molar-refractivity contribution in [3.05, 3.63) is 35.9 Å². The Labute approximate surface area is 88.7 Å². The van der Waals surface area contributed by atoms with Gasteiger partial charge in [-0.3, -0.25) is 14.9 Å². The van der Waals surface area contributed by atoms with E-state index in [0.29, 0.717) is 0 Å². The van der Waals surface area contributed by atoms with E-state index in [1.54, 1.807) is 6.07 Å². The van der Waals surface area contributed by atoms with Gasteiger partial charge in [0.1, 0.15) is 0 Å². The topological polar surface area (TPSA) is 66.4 Å². The summed E-state index contributed by atoms with van der Waals surface area (Å²) in [5, 5.41) is 7.79. The normalized spacial score (nSPS) is 9.69. The molecule has 0 atom stereocenters. The fourth-order valence-corrected chi connectivity index (χ4v) is 0.790. The van der Waals surface area contributed by atoms with E-state index in [1.807, 2.05) is 0 Å². The first kappa shape index (κ1) is 13.9. The number of carbonyl (C=O) groups excluding carboxylic acids is 1. The van der Waals surface area contributed by atoms with Gasteiger partial charge in [-0.05, 0) is 12.1 Å². The fraction of sp³-hybridized carbons (Fsp3) is 0.111. The lowest BCUT2D eigenvalue weighted by Crippen LogP contribution is -2.37. The van der Waals surface area contributed by atoms with E-state index in [-0.39, 0.29) is 12.0 Å². The van der Waals surface area contributed by atoms with Crippen molar-refractivity contribution in [1.82, 2.24) is 5.32 Å². The van der Waals surface area contributed by atoms with E-state index in [1.165, 1.54) is 24.3 Å². The first-order valence-corrected chi connectivity index (χ1v) is 3.93. The first-order chi connectivity index (χ1) is 7.40. The van der Waals surface area contributed by atoms with Crippen molar-refractivity contribution < 1.29 is 27.9 Å². The van der Waals surface area contributed by atoms with Crippen molar-refractivity contribution in [2.24, 2.45) is 0 Å². The Kier molecular flexibility index (Phi) is 5.61. The van der Waals surface area contributed by atoms with Crippen molar-refractivity contribution in [3.63, 3.8) is 0 Å². The maximum atomic E-state index is 11.7. The van der Waals surface area contributed by atoms with Gasteiger partial charge in [-0.2, -0.15) is 13.2 Å². The van der Waals surface area contributed by atoms with E-state index in [0.717, 1.165) is 5.32 Å². The molecule has 1 aromatic rings. The van der Waals surface area contributed by atoms with Crippen molar-refractivity contribution in [2.75, 3.05) is 0 Å². The minimum atomic E-state index is -4.67. The molecule has 0 spiro atoms. The second kappa shape index (κ2) is 6.44. The van der Waals surface area contributed by atoms with E-state index in [4.69, 9.17) is 9.90 Å². The average Bonchev–Trinajstić information content (AvgIpc) is 2.18. The Bertz CT molecular complexity index is 338. The fourth-order valence-electron chi connectivity index (χ4n) is 0.790. The summed E-state index contributed by atoms with van der Waals surface area (Å²) in [6, 6.07) is 7.21. The molecule has 4 nitrogen and oxygen atoms in total. The standard InChI is InChI=1S/C8H6F3NO.CH2O2/c9-8(10,11)12-7(13)6-4-2-1-3-5-6;2-1-3/h1-5H,(H,12,13);1H,(H,2,3). The van der Waals surface area contributed by atoms with E-state index >= 15 is 0 Å². The van der Waals surface area contributed by atoms with Crippen molar-refractivity contribution >= 4 is 12.4 Å². The monoisotopic (exact) mass is 235 g/mol. The number of benzene rings is 1. The van der Waals surface area contributed by atoms with Gasteiger partial charge in [0.2, 0.25) is 0 Å². The molecule has 7 heteroatoms. The van der Waals surface area contributed by atoms with Gasteiger partial charge >= 0.3 is 6.30 Å². The zero-order valence-electron chi connectivity index (χ0n) is 7.86. The summed E-state index contributed by atoms with van der Waals surface area (Å²) in [6.45, 7) is -0.250. The van der Waals surface area contributed by atoms with Crippen molar-refractivity contribution in [2.45, 2.75) is 6.30 Å². The minimum absolute atomic E-state index is 0.0141. The van der Waals surface area contributed by atoms with Crippen LogP contribution in [0.2, 0.25) is 0 Å². The summed E-state index contributed by atoms with van der Waals surface area (Å²) in [4.78, 5) is 19.2. The Morgan fingerprint density at radius 3 is 2.06 bits per heavy atom. The molecule has 1 rings (SSSR count). The summed E-state index contributed by atoms with van der Waals surface area (Å²) in [7, 11) is 0. The van der Waals surface area contributed by atoms with Gasteiger partial charge in [0.15, 0.2) is 0 Å². The van der Waals surface area contributed by atoms with E-state index in [2.05, 4.69) is 0 Å². The number of carboxylic acid groups (broad SMARTS) is 1. The molecule has 0 radical (unpaired) electrons. The number of halogens is 3. The molecule has 0 aliphatic heterocycles. The molecule has 0 fully saturated rings. The second-order valence-corrected chi connectivity index (χ2v) is 2.42. The average molecular weight is 235 g/mol. The predicted molar refractivity (Wildman–Crippen MR) is 48.7 cm³/mol. The third kappa shape index (κ3) is 6.41. The molecular formula is C9H8F3NO3. The maximum absolute atomic E-state index is 11.7. The van der Waals surface area contributed by atoms with Gasteiger partial charge < -0.3 is 5.11 Å².